The van der Waals surface area contributed by atoms with Gasteiger partial charge in [0.2, 0.25) is 5.88 Å². The summed E-state index contributed by atoms with van der Waals surface area (Å²) in [6.07, 6.45) is 5.69. The molecule has 0 N–H and O–H groups in total. The first-order chi connectivity index (χ1) is 8.83. The number of piperidine rings is 1. The number of anilines is 1. The van der Waals surface area contributed by atoms with Crippen molar-refractivity contribution in [2.45, 2.75) is 18.9 Å². The Labute approximate surface area is 112 Å². The van der Waals surface area contributed by atoms with Crippen LogP contribution >= 0.6 is 11.6 Å². The summed E-state index contributed by atoms with van der Waals surface area (Å²) in [7, 11) is 1.60. The van der Waals surface area contributed by atoms with Crippen molar-refractivity contribution in [3.8, 4) is 5.88 Å². The molecule has 5 nitrogen and oxygen atoms in total. The highest BCUT2D eigenvalue weighted by atomic mass is 35.5. The maximum Gasteiger partial charge on any atom is 0.233 e. The van der Waals surface area contributed by atoms with Crippen LogP contribution in [0.3, 0.4) is 0 Å². The van der Waals surface area contributed by atoms with Gasteiger partial charge in [-0.1, -0.05) is 0 Å². The number of aromatic nitrogens is 2. The molecule has 2 heterocycles. The fraction of sp³-hybridized carbons (Fsp3) is 0.667. The van der Waals surface area contributed by atoms with Gasteiger partial charge in [0.1, 0.15) is 0 Å². The Balaban J connectivity index is 1.88. The monoisotopic (exact) mass is 271 g/mol. The van der Waals surface area contributed by atoms with Gasteiger partial charge in [-0.3, -0.25) is 4.98 Å². The standard InChI is InChI=1S/C12H18ClN3O2/c1-17-12-9-14-8-11(15-12)16-5-2-10(3-6-16)18-7-4-13/h8-10H,2-7H2,1H3. The maximum absolute atomic E-state index is 5.64. The number of halogens is 1. The Kier molecular flexibility index (Phi) is 5.01. The molecule has 0 bridgehead atoms. The van der Waals surface area contributed by atoms with Crippen molar-refractivity contribution < 1.29 is 9.47 Å². The molecule has 0 saturated carbocycles. The zero-order valence-corrected chi connectivity index (χ0v) is 11.3. The summed E-state index contributed by atoms with van der Waals surface area (Å²) in [6.45, 7) is 2.48. The number of hydrogen-bond acceptors (Lipinski definition) is 5. The Bertz CT molecular complexity index is 370. The van der Waals surface area contributed by atoms with Gasteiger partial charge in [-0.15, -0.1) is 11.6 Å². The summed E-state index contributed by atoms with van der Waals surface area (Å²) in [5.74, 6) is 1.97. The third-order valence-corrected chi connectivity index (χ3v) is 3.16. The van der Waals surface area contributed by atoms with Crippen LogP contribution in [0.2, 0.25) is 0 Å². The SMILES string of the molecule is COc1cncc(N2CCC(OCCCl)CC2)n1. The molecular weight excluding hydrogens is 254 g/mol. The minimum atomic E-state index is 0.318. The molecule has 1 aromatic rings. The molecule has 100 valence electrons. The fourth-order valence-corrected chi connectivity index (χ4v) is 2.14. The van der Waals surface area contributed by atoms with E-state index in [1.165, 1.54) is 0 Å². The van der Waals surface area contributed by atoms with E-state index in [1.54, 1.807) is 19.5 Å². The Morgan fingerprint density at radius 3 is 2.83 bits per heavy atom. The maximum atomic E-state index is 5.64. The van der Waals surface area contributed by atoms with Gasteiger partial charge >= 0.3 is 0 Å². The van der Waals surface area contributed by atoms with Crippen molar-refractivity contribution >= 4 is 17.4 Å². The predicted molar refractivity (Wildman–Crippen MR) is 70.5 cm³/mol. The molecule has 0 spiro atoms. The second kappa shape index (κ2) is 6.75. The largest absolute Gasteiger partial charge is 0.480 e. The van der Waals surface area contributed by atoms with E-state index in [1.807, 2.05) is 0 Å². The third kappa shape index (κ3) is 3.46. The smallest absolute Gasteiger partial charge is 0.233 e. The van der Waals surface area contributed by atoms with Crippen LogP contribution in [0, 0.1) is 0 Å². The molecule has 18 heavy (non-hydrogen) atoms. The average molecular weight is 272 g/mol. The number of alkyl halides is 1. The second-order valence-electron chi connectivity index (χ2n) is 4.17. The highest BCUT2D eigenvalue weighted by Gasteiger charge is 2.20. The molecule has 6 heteroatoms. The Morgan fingerprint density at radius 1 is 1.39 bits per heavy atom. The number of ether oxygens (including phenoxy) is 2. The van der Waals surface area contributed by atoms with E-state index in [-0.39, 0.29) is 0 Å². The van der Waals surface area contributed by atoms with E-state index < -0.39 is 0 Å². The summed E-state index contributed by atoms with van der Waals surface area (Å²) < 4.78 is 10.7. The van der Waals surface area contributed by atoms with Crippen molar-refractivity contribution in [3.63, 3.8) is 0 Å². The first-order valence-corrected chi connectivity index (χ1v) is 6.65. The summed E-state index contributed by atoms with van der Waals surface area (Å²) in [4.78, 5) is 10.7. The topological polar surface area (TPSA) is 47.5 Å². The van der Waals surface area contributed by atoms with Crippen LogP contribution in [0.1, 0.15) is 12.8 Å². The van der Waals surface area contributed by atoms with E-state index in [2.05, 4.69) is 14.9 Å². The Hall–Kier alpha value is -1.07. The van der Waals surface area contributed by atoms with Crippen molar-refractivity contribution in [1.29, 1.82) is 0 Å². The molecule has 0 atom stereocenters. The Morgan fingerprint density at radius 2 is 2.17 bits per heavy atom. The molecule has 1 aromatic heterocycles. The van der Waals surface area contributed by atoms with E-state index in [9.17, 15) is 0 Å². The number of nitrogens with zero attached hydrogens (tertiary/aromatic N) is 3. The van der Waals surface area contributed by atoms with Gasteiger partial charge in [-0.05, 0) is 12.8 Å². The van der Waals surface area contributed by atoms with E-state index in [0.717, 1.165) is 31.7 Å². The third-order valence-electron chi connectivity index (χ3n) is 3.01. The lowest BCUT2D eigenvalue weighted by Crippen LogP contribution is -2.37. The molecule has 2 rings (SSSR count). The minimum Gasteiger partial charge on any atom is -0.480 e. The molecule has 0 aliphatic carbocycles. The van der Waals surface area contributed by atoms with Gasteiger partial charge in [0.25, 0.3) is 0 Å². The lowest BCUT2D eigenvalue weighted by atomic mass is 10.1. The van der Waals surface area contributed by atoms with Gasteiger partial charge in [0.05, 0.1) is 32.2 Å². The van der Waals surface area contributed by atoms with Gasteiger partial charge in [-0.25, -0.2) is 0 Å². The second-order valence-corrected chi connectivity index (χ2v) is 4.54. The normalized spacial score (nSPS) is 16.9. The molecule has 0 aromatic carbocycles. The first kappa shape index (κ1) is 13.4. The quantitative estimate of drug-likeness (QED) is 0.763. The lowest BCUT2D eigenvalue weighted by molar-refractivity contribution is 0.0470. The number of hydrogen-bond donors (Lipinski definition) is 0. The number of rotatable bonds is 5. The molecule has 0 radical (unpaired) electrons. The van der Waals surface area contributed by atoms with Crippen LogP contribution in [0.4, 0.5) is 5.82 Å². The van der Waals surface area contributed by atoms with Crippen molar-refractivity contribution in [3.05, 3.63) is 12.4 Å². The molecule has 1 saturated heterocycles. The molecular formula is C12H18ClN3O2. The first-order valence-electron chi connectivity index (χ1n) is 6.12. The summed E-state index contributed by atoms with van der Waals surface area (Å²) >= 11 is 5.61. The van der Waals surface area contributed by atoms with Crippen molar-refractivity contribution in [2.75, 3.05) is 37.6 Å². The molecule has 1 aliphatic heterocycles. The number of methoxy groups -OCH3 is 1. The molecule has 1 aliphatic rings. The highest BCUT2D eigenvalue weighted by molar-refractivity contribution is 6.17. The van der Waals surface area contributed by atoms with Crippen LogP contribution in [0.5, 0.6) is 5.88 Å². The van der Waals surface area contributed by atoms with E-state index in [0.29, 0.717) is 24.5 Å². The van der Waals surface area contributed by atoms with Crippen LogP contribution in [-0.4, -0.2) is 48.8 Å². The van der Waals surface area contributed by atoms with E-state index >= 15 is 0 Å². The van der Waals surface area contributed by atoms with Crippen molar-refractivity contribution in [1.82, 2.24) is 9.97 Å². The van der Waals surface area contributed by atoms with Crippen molar-refractivity contribution in [2.24, 2.45) is 0 Å². The van der Waals surface area contributed by atoms with Gasteiger partial charge in [0.15, 0.2) is 5.82 Å². The predicted octanol–water partition coefficient (Wildman–Crippen LogP) is 1.71. The summed E-state index contributed by atoms with van der Waals surface area (Å²) in [5, 5.41) is 0. The minimum absolute atomic E-state index is 0.318. The van der Waals surface area contributed by atoms with Gasteiger partial charge in [-0.2, -0.15) is 4.98 Å². The van der Waals surface area contributed by atoms with Gasteiger partial charge in [0, 0.05) is 19.0 Å². The average Bonchev–Trinajstić information content (AvgIpc) is 2.46. The van der Waals surface area contributed by atoms with Crippen LogP contribution in [-0.2, 0) is 4.74 Å². The molecule has 0 unspecified atom stereocenters. The fourth-order valence-electron chi connectivity index (χ4n) is 2.05. The summed E-state index contributed by atoms with van der Waals surface area (Å²) in [5.41, 5.74) is 0. The van der Waals surface area contributed by atoms with Gasteiger partial charge < -0.3 is 14.4 Å². The van der Waals surface area contributed by atoms with Crippen LogP contribution in [0.25, 0.3) is 0 Å². The zero-order chi connectivity index (χ0) is 12.8. The van der Waals surface area contributed by atoms with Crippen LogP contribution < -0.4 is 9.64 Å². The molecule has 1 fully saturated rings. The molecule has 0 amide bonds. The van der Waals surface area contributed by atoms with E-state index in [4.69, 9.17) is 21.1 Å². The summed E-state index contributed by atoms with van der Waals surface area (Å²) in [6, 6.07) is 0. The highest BCUT2D eigenvalue weighted by Crippen LogP contribution is 2.20. The lowest BCUT2D eigenvalue weighted by Gasteiger charge is -2.32. The zero-order valence-electron chi connectivity index (χ0n) is 10.5. The van der Waals surface area contributed by atoms with Crippen LogP contribution in [0.15, 0.2) is 12.4 Å².